The maximum Gasteiger partial charge on any atom is 0.161 e. The van der Waals surface area contributed by atoms with Gasteiger partial charge in [-0.05, 0) is 56.3 Å². The molecule has 0 spiro atoms. The van der Waals surface area contributed by atoms with Gasteiger partial charge in [0.25, 0.3) is 0 Å². The Balaban J connectivity index is 1.81. The third-order valence-electron chi connectivity index (χ3n) is 3.61. The number of hydrogen-bond acceptors (Lipinski definition) is 4. The summed E-state index contributed by atoms with van der Waals surface area (Å²) in [4.78, 5) is 0. The van der Waals surface area contributed by atoms with Crippen LogP contribution in [0.5, 0.6) is 11.5 Å². The molecule has 20 heavy (non-hydrogen) atoms. The van der Waals surface area contributed by atoms with E-state index in [9.17, 15) is 0 Å². The number of nitrogens with two attached hydrogens (primary N) is 1. The van der Waals surface area contributed by atoms with Crippen LogP contribution in [0.2, 0.25) is 0 Å². The second-order valence-electron chi connectivity index (χ2n) is 5.15. The number of methoxy groups -OCH3 is 1. The molecule has 1 fully saturated rings. The Kier molecular flexibility index (Phi) is 6.15. The van der Waals surface area contributed by atoms with Gasteiger partial charge in [-0.15, -0.1) is 0 Å². The Labute approximate surface area is 121 Å². The molecular formula is C16H25NO3. The summed E-state index contributed by atoms with van der Waals surface area (Å²) in [5, 5.41) is 0. The van der Waals surface area contributed by atoms with Crippen LogP contribution < -0.4 is 15.2 Å². The smallest absolute Gasteiger partial charge is 0.161 e. The molecule has 1 atom stereocenters. The highest BCUT2D eigenvalue weighted by Gasteiger charge is 2.14. The Bertz CT molecular complexity index is 403. The van der Waals surface area contributed by atoms with Gasteiger partial charge < -0.3 is 19.9 Å². The van der Waals surface area contributed by atoms with Gasteiger partial charge in [-0.25, -0.2) is 0 Å². The molecule has 0 amide bonds. The van der Waals surface area contributed by atoms with Gasteiger partial charge in [-0.1, -0.05) is 6.07 Å². The monoisotopic (exact) mass is 279 g/mol. The van der Waals surface area contributed by atoms with E-state index in [0.29, 0.717) is 19.3 Å². The van der Waals surface area contributed by atoms with Crippen molar-refractivity contribution in [2.75, 3.05) is 26.9 Å². The molecule has 0 aliphatic carbocycles. The van der Waals surface area contributed by atoms with Crippen LogP contribution in [0, 0.1) is 0 Å². The molecule has 1 heterocycles. The van der Waals surface area contributed by atoms with Crippen LogP contribution in [0.25, 0.3) is 0 Å². The molecule has 0 bridgehead atoms. The average Bonchev–Trinajstić information content (AvgIpc) is 2.97. The molecule has 2 N–H and O–H groups in total. The predicted molar refractivity (Wildman–Crippen MR) is 79.5 cm³/mol. The number of hydrogen-bond donors (Lipinski definition) is 1. The van der Waals surface area contributed by atoms with Crippen molar-refractivity contribution in [2.24, 2.45) is 5.73 Å². The summed E-state index contributed by atoms with van der Waals surface area (Å²) in [5.41, 5.74) is 6.77. The third-order valence-corrected chi connectivity index (χ3v) is 3.61. The minimum absolute atomic E-state index is 0.434. The summed E-state index contributed by atoms with van der Waals surface area (Å²) >= 11 is 0. The van der Waals surface area contributed by atoms with Crippen molar-refractivity contribution >= 4 is 0 Å². The second-order valence-corrected chi connectivity index (χ2v) is 5.15. The zero-order valence-corrected chi connectivity index (χ0v) is 12.3. The van der Waals surface area contributed by atoms with Gasteiger partial charge in [0.05, 0.1) is 19.8 Å². The lowest BCUT2D eigenvalue weighted by Crippen LogP contribution is -2.08. The maximum absolute atomic E-state index is 5.85. The topological polar surface area (TPSA) is 53.7 Å². The first-order valence-electron chi connectivity index (χ1n) is 7.45. The molecule has 1 aromatic carbocycles. The standard InChI is InChI=1S/C16H25NO3/c1-18-15-7-6-13(8-9-17)12-16(15)20-11-3-5-14-4-2-10-19-14/h6-7,12,14H,2-5,8-11,17H2,1H3. The van der Waals surface area contributed by atoms with Gasteiger partial charge in [-0.2, -0.15) is 0 Å². The maximum atomic E-state index is 5.85. The quantitative estimate of drug-likeness (QED) is 0.743. The molecule has 4 nitrogen and oxygen atoms in total. The first kappa shape index (κ1) is 15.1. The number of rotatable bonds is 8. The highest BCUT2D eigenvalue weighted by Crippen LogP contribution is 2.28. The molecule has 112 valence electrons. The van der Waals surface area contributed by atoms with E-state index >= 15 is 0 Å². The third kappa shape index (κ3) is 4.39. The molecule has 1 saturated heterocycles. The lowest BCUT2D eigenvalue weighted by Gasteiger charge is -2.13. The average molecular weight is 279 g/mol. The first-order chi connectivity index (χ1) is 9.83. The van der Waals surface area contributed by atoms with Crippen LogP contribution in [0.15, 0.2) is 18.2 Å². The molecule has 2 rings (SSSR count). The van der Waals surface area contributed by atoms with Crippen molar-refractivity contribution in [2.45, 2.75) is 38.2 Å². The van der Waals surface area contributed by atoms with Crippen molar-refractivity contribution in [3.05, 3.63) is 23.8 Å². The highest BCUT2D eigenvalue weighted by molar-refractivity contribution is 5.43. The normalized spacial score (nSPS) is 18.2. The number of ether oxygens (including phenoxy) is 3. The SMILES string of the molecule is COc1ccc(CCN)cc1OCCCC1CCCO1. The van der Waals surface area contributed by atoms with Crippen molar-refractivity contribution < 1.29 is 14.2 Å². The van der Waals surface area contributed by atoms with E-state index in [0.717, 1.165) is 37.4 Å². The Morgan fingerprint density at radius 3 is 2.95 bits per heavy atom. The fraction of sp³-hybridized carbons (Fsp3) is 0.625. The molecule has 0 radical (unpaired) electrons. The Morgan fingerprint density at radius 2 is 2.25 bits per heavy atom. The van der Waals surface area contributed by atoms with Gasteiger partial charge >= 0.3 is 0 Å². The van der Waals surface area contributed by atoms with E-state index in [4.69, 9.17) is 19.9 Å². The van der Waals surface area contributed by atoms with Crippen molar-refractivity contribution in [3.63, 3.8) is 0 Å². The molecule has 1 aliphatic rings. The highest BCUT2D eigenvalue weighted by atomic mass is 16.5. The van der Waals surface area contributed by atoms with Crippen molar-refractivity contribution in [1.82, 2.24) is 0 Å². The van der Waals surface area contributed by atoms with E-state index in [-0.39, 0.29) is 0 Å². The summed E-state index contributed by atoms with van der Waals surface area (Å²) in [6.45, 7) is 2.26. The van der Waals surface area contributed by atoms with Crippen LogP contribution in [0.3, 0.4) is 0 Å². The van der Waals surface area contributed by atoms with Crippen molar-refractivity contribution in [1.29, 1.82) is 0 Å². The summed E-state index contributed by atoms with van der Waals surface area (Å²) in [6.07, 6.45) is 5.76. The molecule has 0 aromatic heterocycles. The van der Waals surface area contributed by atoms with E-state index < -0.39 is 0 Å². The molecular weight excluding hydrogens is 254 g/mol. The zero-order valence-electron chi connectivity index (χ0n) is 12.3. The Hall–Kier alpha value is -1.26. The van der Waals surface area contributed by atoms with E-state index in [2.05, 4.69) is 0 Å². The molecule has 4 heteroatoms. The second kappa shape index (κ2) is 8.12. The summed E-state index contributed by atoms with van der Waals surface area (Å²) in [7, 11) is 1.66. The van der Waals surface area contributed by atoms with Crippen LogP contribution >= 0.6 is 0 Å². The molecule has 1 unspecified atom stereocenters. The van der Waals surface area contributed by atoms with Crippen LogP contribution in [0.1, 0.15) is 31.2 Å². The van der Waals surface area contributed by atoms with Crippen LogP contribution in [-0.2, 0) is 11.2 Å². The van der Waals surface area contributed by atoms with Gasteiger partial charge in [0.1, 0.15) is 0 Å². The minimum Gasteiger partial charge on any atom is -0.493 e. The molecule has 1 aliphatic heterocycles. The predicted octanol–water partition coefficient (Wildman–Crippen LogP) is 2.53. The van der Waals surface area contributed by atoms with Gasteiger partial charge in [0.2, 0.25) is 0 Å². The van der Waals surface area contributed by atoms with E-state index in [1.54, 1.807) is 7.11 Å². The van der Waals surface area contributed by atoms with Crippen molar-refractivity contribution in [3.8, 4) is 11.5 Å². The zero-order chi connectivity index (χ0) is 14.2. The summed E-state index contributed by atoms with van der Waals surface area (Å²) < 4.78 is 16.8. The van der Waals surface area contributed by atoms with E-state index in [1.807, 2.05) is 18.2 Å². The van der Waals surface area contributed by atoms with Gasteiger partial charge in [0.15, 0.2) is 11.5 Å². The first-order valence-corrected chi connectivity index (χ1v) is 7.45. The van der Waals surface area contributed by atoms with Crippen LogP contribution in [0.4, 0.5) is 0 Å². The lowest BCUT2D eigenvalue weighted by molar-refractivity contribution is 0.0980. The molecule has 0 saturated carbocycles. The van der Waals surface area contributed by atoms with E-state index in [1.165, 1.54) is 18.4 Å². The minimum atomic E-state index is 0.434. The fourth-order valence-corrected chi connectivity index (χ4v) is 2.52. The van der Waals surface area contributed by atoms with Gasteiger partial charge in [-0.3, -0.25) is 0 Å². The lowest BCUT2D eigenvalue weighted by atomic mass is 10.1. The summed E-state index contributed by atoms with van der Waals surface area (Å²) in [5.74, 6) is 1.59. The number of benzene rings is 1. The van der Waals surface area contributed by atoms with Gasteiger partial charge in [0, 0.05) is 6.61 Å². The fourth-order valence-electron chi connectivity index (χ4n) is 2.52. The van der Waals surface area contributed by atoms with Crippen LogP contribution in [-0.4, -0.2) is 33.0 Å². The molecule has 1 aromatic rings. The largest absolute Gasteiger partial charge is 0.493 e. The summed E-state index contributed by atoms with van der Waals surface area (Å²) in [6, 6.07) is 6.00. The Morgan fingerprint density at radius 1 is 1.35 bits per heavy atom.